The average Bonchev–Trinajstić information content (AvgIpc) is 2.57. The van der Waals surface area contributed by atoms with E-state index in [1.165, 1.54) is 5.56 Å². The maximum Gasteiger partial charge on any atom is 0.161 e. The van der Waals surface area contributed by atoms with E-state index in [1.807, 2.05) is 6.07 Å². The highest BCUT2D eigenvalue weighted by Crippen LogP contribution is 2.40. The third-order valence-corrected chi connectivity index (χ3v) is 5.67. The Hall–Kier alpha value is -1.33. The van der Waals surface area contributed by atoms with E-state index >= 15 is 0 Å². The van der Waals surface area contributed by atoms with Gasteiger partial charge in [-0.05, 0) is 58.4 Å². The van der Waals surface area contributed by atoms with Crippen molar-refractivity contribution in [3.63, 3.8) is 0 Å². The number of thiocarbonyl (C=S) groups is 1. The summed E-state index contributed by atoms with van der Waals surface area (Å²) in [4.78, 5) is 3.33. The van der Waals surface area contributed by atoms with Crippen molar-refractivity contribution >= 4 is 17.2 Å². The van der Waals surface area contributed by atoms with Gasteiger partial charge in [0.1, 0.15) is 4.99 Å². The maximum atomic E-state index is 5.55. The number of nitrogens with one attached hydrogen (secondary N) is 1. The van der Waals surface area contributed by atoms with Gasteiger partial charge in [-0.25, -0.2) is 0 Å². The largest absolute Gasteiger partial charge is 0.493 e. The van der Waals surface area contributed by atoms with Crippen LogP contribution in [0.5, 0.6) is 11.5 Å². The molecule has 0 radical (unpaired) electrons. The van der Waals surface area contributed by atoms with Gasteiger partial charge in [0.15, 0.2) is 11.5 Å². The summed E-state index contributed by atoms with van der Waals surface area (Å²) in [6.45, 7) is 13.3. The molecule has 2 rings (SSSR count). The van der Waals surface area contributed by atoms with Gasteiger partial charge in [0.05, 0.1) is 14.2 Å². The Balaban J connectivity index is 2.37. The third kappa shape index (κ3) is 4.09. The molecular formula is C20H32N2O2S. The molecule has 0 aliphatic carbocycles. The standard InChI is InChI=1S/C20H32N2O2S/c1-13(2)22(14(3)4)9-8-20(5)12-21-19(25)15-10-17(23-6)18(24-7)11-16(15)20/h10-11,13-14H,8-9,12H2,1-7H3,(H,21,25). The fraction of sp³-hybridized carbons (Fsp3) is 0.650. The predicted molar refractivity (Wildman–Crippen MR) is 108 cm³/mol. The van der Waals surface area contributed by atoms with Gasteiger partial charge in [0, 0.05) is 29.6 Å². The molecule has 1 aliphatic rings. The molecule has 0 saturated carbocycles. The van der Waals surface area contributed by atoms with Crippen LogP contribution in [-0.2, 0) is 5.41 Å². The van der Waals surface area contributed by atoms with Crippen LogP contribution in [0.4, 0.5) is 0 Å². The molecule has 140 valence electrons. The van der Waals surface area contributed by atoms with E-state index in [2.05, 4.69) is 50.9 Å². The average molecular weight is 365 g/mol. The molecule has 0 bridgehead atoms. The third-order valence-electron chi connectivity index (χ3n) is 5.31. The summed E-state index contributed by atoms with van der Waals surface area (Å²) in [6.07, 6.45) is 1.06. The molecule has 1 unspecified atom stereocenters. The fourth-order valence-electron chi connectivity index (χ4n) is 3.74. The Bertz CT molecular complexity index is 622. The number of hydrogen-bond donors (Lipinski definition) is 1. The summed E-state index contributed by atoms with van der Waals surface area (Å²) in [5.41, 5.74) is 2.31. The lowest BCUT2D eigenvalue weighted by Gasteiger charge is -2.40. The lowest BCUT2D eigenvalue weighted by atomic mass is 9.74. The van der Waals surface area contributed by atoms with Crippen LogP contribution >= 0.6 is 12.2 Å². The van der Waals surface area contributed by atoms with Crippen LogP contribution in [0.25, 0.3) is 0 Å². The molecule has 1 heterocycles. The van der Waals surface area contributed by atoms with Crippen LogP contribution < -0.4 is 14.8 Å². The molecule has 4 nitrogen and oxygen atoms in total. The van der Waals surface area contributed by atoms with E-state index in [1.54, 1.807) is 14.2 Å². The molecule has 1 N–H and O–H groups in total. The zero-order chi connectivity index (χ0) is 18.8. The maximum absolute atomic E-state index is 5.55. The highest BCUT2D eigenvalue weighted by molar-refractivity contribution is 7.80. The van der Waals surface area contributed by atoms with Crippen molar-refractivity contribution in [1.29, 1.82) is 0 Å². The highest BCUT2D eigenvalue weighted by atomic mass is 32.1. The first-order chi connectivity index (χ1) is 11.7. The van der Waals surface area contributed by atoms with Crippen molar-refractivity contribution < 1.29 is 9.47 Å². The second kappa shape index (κ2) is 7.92. The first kappa shape index (κ1) is 20.0. The minimum atomic E-state index is -0.000769. The van der Waals surface area contributed by atoms with Crippen LogP contribution in [0.1, 0.15) is 52.2 Å². The van der Waals surface area contributed by atoms with Crippen molar-refractivity contribution in [3.05, 3.63) is 23.3 Å². The quantitative estimate of drug-likeness (QED) is 0.745. The Morgan fingerprint density at radius 1 is 1.12 bits per heavy atom. The zero-order valence-electron chi connectivity index (χ0n) is 16.6. The lowest BCUT2D eigenvalue weighted by molar-refractivity contribution is 0.158. The molecule has 1 atom stereocenters. The molecule has 0 spiro atoms. The summed E-state index contributed by atoms with van der Waals surface area (Å²) in [7, 11) is 3.34. The molecule has 25 heavy (non-hydrogen) atoms. The number of fused-ring (bicyclic) bond motifs is 1. The van der Waals surface area contributed by atoms with Crippen LogP contribution in [0.3, 0.4) is 0 Å². The van der Waals surface area contributed by atoms with Crippen molar-refractivity contribution in [2.24, 2.45) is 0 Å². The SMILES string of the molecule is COc1cc2c(cc1OC)C(C)(CCN(C(C)C)C(C)C)CNC2=S. The molecule has 5 heteroatoms. The van der Waals surface area contributed by atoms with Gasteiger partial charge in [-0.2, -0.15) is 0 Å². The minimum absolute atomic E-state index is 0.000769. The van der Waals surface area contributed by atoms with Crippen LogP contribution in [-0.4, -0.2) is 49.3 Å². The molecule has 0 amide bonds. The lowest BCUT2D eigenvalue weighted by Crippen LogP contribution is -2.47. The Kier molecular flexibility index (Phi) is 6.33. The molecule has 0 saturated heterocycles. The minimum Gasteiger partial charge on any atom is -0.493 e. The van der Waals surface area contributed by atoms with E-state index < -0.39 is 0 Å². The zero-order valence-corrected chi connectivity index (χ0v) is 17.4. The smallest absolute Gasteiger partial charge is 0.161 e. The molecule has 1 aromatic carbocycles. The van der Waals surface area contributed by atoms with Crippen LogP contribution in [0.2, 0.25) is 0 Å². The van der Waals surface area contributed by atoms with E-state index in [-0.39, 0.29) is 5.41 Å². The number of nitrogens with zero attached hydrogens (tertiary/aromatic N) is 1. The van der Waals surface area contributed by atoms with E-state index in [0.29, 0.717) is 12.1 Å². The van der Waals surface area contributed by atoms with Gasteiger partial charge >= 0.3 is 0 Å². The molecule has 0 fully saturated rings. The number of methoxy groups -OCH3 is 2. The highest BCUT2D eigenvalue weighted by Gasteiger charge is 2.36. The summed E-state index contributed by atoms with van der Waals surface area (Å²) in [5.74, 6) is 1.49. The first-order valence-corrected chi connectivity index (χ1v) is 9.44. The summed E-state index contributed by atoms with van der Waals surface area (Å²) < 4.78 is 11.0. The van der Waals surface area contributed by atoms with E-state index in [0.717, 1.165) is 41.6 Å². The summed E-state index contributed by atoms with van der Waals surface area (Å²) in [6, 6.07) is 5.18. The van der Waals surface area contributed by atoms with Gasteiger partial charge in [0.2, 0.25) is 0 Å². The van der Waals surface area contributed by atoms with Crippen molar-refractivity contribution in [2.75, 3.05) is 27.3 Å². The second-order valence-corrected chi connectivity index (χ2v) is 8.08. The normalized spacial score (nSPS) is 20.0. The van der Waals surface area contributed by atoms with Crippen LogP contribution in [0.15, 0.2) is 12.1 Å². The molecule has 0 aromatic heterocycles. The molecule has 1 aromatic rings. The number of benzene rings is 1. The van der Waals surface area contributed by atoms with Crippen molar-refractivity contribution in [3.8, 4) is 11.5 Å². The van der Waals surface area contributed by atoms with E-state index in [4.69, 9.17) is 21.7 Å². The number of ether oxygens (including phenoxy) is 2. The number of hydrogen-bond acceptors (Lipinski definition) is 4. The monoisotopic (exact) mass is 364 g/mol. The fourth-order valence-corrected chi connectivity index (χ4v) is 3.98. The Morgan fingerprint density at radius 3 is 2.20 bits per heavy atom. The number of rotatable bonds is 7. The van der Waals surface area contributed by atoms with Crippen molar-refractivity contribution in [2.45, 2.75) is 58.5 Å². The predicted octanol–water partition coefficient (Wildman–Crippen LogP) is 3.75. The van der Waals surface area contributed by atoms with Gasteiger partial charge in [-0.3, -0.25) is 4.90 Å². The van der Waals surface area contributed by atoms with Gasteiger partial charge in [-0.15, -0.1) is 0 Å². The summed E-state index contributed by atoms with van der Waals surface area (Å²) in [5, 5.41) is 3.42. The topological polar surface area (TPSA) is 33.7 Å². The Labute approximate surface area is 157 Å². The van der Waals surface area contributed by atoms with E-state index in [9.17, 15) is 0 Å². The molecular weight excluding hydrogens is 332 g/mol. The summed E-state index contributed by atoms with van der Waals surface area (Å²) >= 11 is 5.55. The van der Waals surface area contributed by atoms with Gasteiger partial charge < -0.3 is 14.8 Å². The Morgan fingerprint density at radius 2 is 1.68 bits per heavy atom. The van der Waals surface area contributed by atoms with Crippen molar-refractivity contribution in [1.82, 2.24) is 10.2 Å². The van der Waals surface area contributed by atoms with Gasteiger partial charge in [-0.1, -0.05) is 19.1 Å². The van der Waals surface area contributed by atoms with Crippen LogP contribution in [0, 0.1) is 0 Å². The second-order valence-electron chi connectivity index (χ2n) is 7.67. The van der Waals surface area contributed by atoms with Gasteiger partial charge in [0.25, 0.3) is 0 Å². The first-order valence-electron chi connectivity index (χ1n) is 9.04. The molecule has 1 aliphatic heterocycles.